The molecule has 2 N–H and O–H groups in total. The van der Waals surface area contributed by atoms with Crippen molar-refractivity contribution in [3.63, 3.8) is 0 Å². The zero-order valence-corrected chi connectivity index (χ0v) is 16.7. The predicted molar refractivity (Wildman–Crippen MR) is 105 cm³/mol. The summed E-state index contributed by atoms with van der Waals surface area (Å²) in [5, 5.41) is 5.01. The van der Waals surface area contributed by atoms with E-state index in [4.69, 9.17) is 27.9 Å². The van der Waals surface area contributed by atoms with Crippen molar-refractivity contribution in [3.8, 4) is 0 Å². The van der Waals surface area contributed by atoms with Gasteiger partial charge in [0, 0.05) is 17.1 Å². The van der Waals surface area contributed by atoms with Crippen LogP contribution in [-0.4, -0.2) is 24.4 Å². The Bertz CT molecular complexity index is 952. The van der Waals surface area contributed by atoms with Crippen LogP contribution in [0.2, 0.25) is 10.0 Å². The molecular formula is C19H15Cl2F3N2O4. The van der Waals surface area contributed by atoms with Crippen molar-refractivity contribution in [2.24, 2.45) is 0 Å². The number of anilines is 2. The SMILES string of the molecule is O=C(COC(=O)CCC(=O)Nc1cc(C(F)(F)F)ccc1Cl)Nc1cccc(Cl)c1. The number of carbonyl (C=O) groups is 3. The summed E-state index contributed by atoms with van der Waals surface area (Å²) in [4.78, 5) is 35.3. The quantitative estimate of drug-likeness (QED) is 0.572. The predicted octanol–water partition coefficient (Wildman–Crippen LogP) is 4.91. The van der Waals surface area contributed by atoms with Crippen molar-refractivity contribution in [1.29, 1.82) is 0 Å². The van der Waals surface area contributed by atoms with E-state index >= 15 is 0 Å². The maximum atomic E-state index is 12.7. The Morgan fingerprint density at radius 1 is 0.933 bits per heavy atom. The molecule has 0 aromatic heterocycles. The van der Waals surface area contributed by atoms with Crippen LogP contribution in [0.1, 0.15) is 18.4 Å². The van der Waals surface area contributed by atoms with Gasteiger partial charge >= 0.3 is 12.1 Å². The Hall–Kier alpha value is -2.78. The maximum Gasteiger partial charge on any atom is 0.416 e. The summed E-state index contributed by atoms with van der Waals surface area (Å²) in [6.45, 7) is -0.577. The van der Waals surface area contributed by atoms with Gasteiger partial charge in [0.15, 0.2) is 6.61 Å². The average molecular weight is 463 g/mol. The fraction of sp³-hybridized carbons (Fsp3) is 0.211. The fourth-order valence-electron chi connectivity index (χ4n) is 2.21. The van der Waals surface area contributed by atoms with Crippen molar-refractivity contribution in [2.45, 2.75) is 19.0 Å². The second-order valence-electron chi connectivity index (χ2n) is 5.96. The molecule has 0 saturated heterocycles. The summed E-state index contributed by atoms with van der Waals surface area (Å²) in [6.07, 6.45) is -5.35. The molecule has 2 rings (SSSR count). The van der Waals surface area contributed by atoms with E-state index in [0.29, 0.717) is 16.8 Å². The number of amides is 2. The van der Waals surface area contributed by atoms with E-state index in [-0.39, 0.29) is 23.6 Å². The van der Waals surface area contributed by atoms with Gasteiger partial charge in [-0.1, -0.05) is 29.3 Å². The molecule has 0 spiro atoms. The highest BCUT2D eigenvalue weighted by Crippen LogP contribution is 2.33. The van der Waals surface area contributed by atoms with Crippen LogP contribution in [0, 0.1) is 0 Å². The minimum absolute atomic E-state index is 0.0865. The summed E-state index contributed by atoms with van der Waals surface area (Å²) < 4.78 is 43.0. The lowest BCUT2D eigenvalue weighted by Crippen LogP contribution is -2.21. The molecule has 6 nitrogen and oxygen atoms in total. The Morgan fingerprint density at radius 3 is 2.33 bits per heavy atom. The lowest BCUT2D eigenvalue weighted by Gasteiger charge is -2.11. The molecule has 0 fully saturated rings. The van der Waals surface area contributed by atoms with E-state index in [2.05, 4.69) is 10.6 Å². The van der Waals surface area contributed by atoms with E-state index in [9.17, 15) is 27.6 Å². The van der Waals surface area contributed by atoms with Crippen molar-refractivity contribution in [2.75, 3.05) is 17.2 Å². The van der Waals surface area contributed by atoms with E-state index < -0.39 is 36.1 Å². The van der Waals surface area contributed by atoms with E-state index in [1.165, 1.54) is 6.07 Å². The standard InChI is InChI=1S/C19H15Cl2F3N2O4/c20-12-2-1-3-13(9-12)25-17(28)10-30-18(29)7-6-16(27)26-15-8-11(19(22,23)24)4-5-14(15)21/h1-5,8-9H,6-7,10H2,(H,25,28)(H,26,27). The number of halogens is 5. The molecular weight excluding hydrogens is 448 g/mol. The monoisotopic (exact) mass is 462 g/mol. The van der Waals surface area contributed by atoms with E-state index in [1.54, 1.807) is 18.2 Å². The number of ether oxygens (including phenoxy) is 1. The highest BCUT2D eigenvalue weighted by atomic mass is 35.5. The van der Waals surface area contributed by atoms with Crippen molar-refractivity contribution in [3.05, 3.63) is 58.1 Å². The Morgan fingerprint density at radius 2 is 1.67 bits per heavy atom. The molecule has 0 heterocycles. The van der Waals surface area contributed by atoms with Crippen LogP contribution in [0.5, 0.6) is 0 Å². The lowest BCUT2D eigenvalue weighted by atomic mass is 10.2. The second-order valence-corrected chi connectivity index (χ2v) is 6.80. The number of esters is 1. The molecule has 30 heavy (non-hydrogen) atoms. The summed E-state index contributed by atoms with van der Waals surface area (Å²) in [7, 11) is 0. The third-order valence-corrected chi connectivity index (χ3v) is 4.16. The van der Waals surface area contributed by atoms with Gasteiger partial charge in [-0.3, -0.25) is 14.4 Å². The van der Waals surface area contributed by atoms with Gasteiger partial charge in [-0.15, -0.1) is 0 Å². The number of alkyl halides is 3. The highest BCUT2D eigenvalue weighted by molar-refractivity contribution is 6.33. The Kier molecular flexibility index (Phi) is 8.08. The van der Waals surface area contributed by atoms with Crippen LogP contribution in [0.3, 0.4) is 0 Å². The zero-order valence-electron chi connectivity index (χ0n) is 15.2. The highest BCUT2D eigenvalue weighted by Gasteiger charge is 2.31. The molecule has 11 heteroatoms. The summed E-state index contributed by atoms with van der Waals surface area (Å²) in [6, 6.07) is 8.82. The van der Waals surface area contributed by atoms with Crippen LogP contribution in [0.15, 0.2) is 42.5 Å². The van der Waals surface area contributed by atoms with Gasteiger partial charge < -0.3 is 15.4 Å². The van der Waals surface area contributed by atoms with Crippen LogP contribution in [0.4, 0.5) is 24.5 Å². The van der Waals surface area contributed by atoms with Gasteiger partial charge in [0.05, 0.1) is 22.7 Å². The first-order valence-corrected chi connectivity index (χ1v) is 9.18. The van der Waals surface area contributed by atoms with E-state index in [1.807, 2.05) is 0 Å². The molecule has 2 amide bonds. The largest absolute Gasteiger partial charge is 0.456 e. The molecule has 0 aliphatic rings. The zero-order chi connectivity index (χ0) is 22.3. The first-order chi connectivity index (χ1) is 14.0. The third-order valence-electron chi connectivity index (χ3n) is 3.60. The molecule has 2 aromatic rings. The van der Waals surface area contributed by atoms with Gasteiger partial charge in [0.2, 0.25) is 5.91 Å². The van der Waals surface area contributed by atoms with Crippen molar-refractivity contribution >= 4 is 52.4 Å². The Labute approximate surface area is 179 Å². The summed E-state index contributed by atoms with van der Waals surface area (Å²) >= 11 is 11.6. The molecule has 160 valence electrons. The summed E-state index contributed by atoms with van der Waals surface area (Å²) in [5.74, 6) is -2.18. The van der Waals surface area contributed by atoms with Crippen LogP contribution >= 0.6 is 23.2 Å². The van der Waals surface area contributed by atoms with Crippen LogP contribution in [0.25, 0.3) is 0 Å². The topological polar surface area (TPSA) is 84.5 Å². The number of hydrogen-bond acceptors (Lipinski definition) is 4. The lowest BCUT2D eigenvalue weighted by molar-refractivity contribution is -0.147. The maximum absolute atomic E-state index is 12.7. The number of hydrogen-bond donors (Lipinski definition) is 2. The first-order valence-electron chi connectivity index (χ1n) is 8.42. The number of nitrogens with one attached hydrogen (secondary N) is 2. The van der Waals surface area contributed by atoms with Crippen LogP contribution in [-0.2, 0) is 25.3 Å². The molecule has 0 atom stereocenters. The van der Waals surface area contributed by atoms with Crippen LogP contribution < -0.4 is 10.6 Å². The minimum atomic E-state index is -4.60. The molecule has 0 aliphatic carbocycles. The summed E-state index contributed by atoms with van der Waals surface area (Å²) in [5.41, 5.74) is -0.793. The van der Waals surface area contributed by atoms with Gasteiger partial charge in [0.1, 0.15) is 0 Å². The van der Waals surface area contributed by atoms with Gasteiger partial charge in [-0.05, 0) is 36.4 Å². The smallest absolute Gasteiger partial charge is 0.416 e. The average Bonchev–Trinajstić information content (AvgIpc) is 2.65. The van der Waals surface area contributed by atoms with Crippen molar-refractivity contribution in [1.82, 2.24) is 0 Å². The molecule has 0 bridgehead atoms. The van der Waals surface area contributed by atoms with E-state index in [0.717, 1.165) is 12.1 Å². The van der Waals surface area contributed by atoms with Gasteiger partial charge in [-0.2, -0.15) is 13.2 Å². The third kappa shape index (κ3) is 7.57. The number of benzene rings is 2. The second kappa shape index (κ2) is 10.3. The molecule has 0 unspecified atom stereocenters. The first kappa shape index (κ1) is 23.5. The minimum Gasteiger partial charge on any atom is -0.456 e. The number of carbonyl (C=O) groups excluding carboxylic acids is 3. The molecule has 0 aliphatic heterocycles. The Balaban J connectivity index is 1.78. The number of rotatable bonds is 7. The normalized spacial score (nSPS) is 11.0. The fourth-order valence-corrected chi connectivity index (χ4v) is 2.56. The molecule has 2 aromatic carbocycles. The van der Waals surface area contributed by atoms with Gasteiger partial charge in [-0.25, -0.2) is 0 Å². The molecule has 0 radical (unpaired) electrons. The molecule has 0 saturated carbocycles. The van der Waals surface area contributed by atoms with Crippen molar-refractivity contribution < 1.29 is 32.3 Å². The van der Waals surface area contributed by atoms with Gasteiger partial charge in [0.25, 0.3) is 5.91 Å².